The number of halogens is 2. The van der Waals surface area contributed by atoms with Crippen molar-refractivity contribution < 1.29 is 5.11 Å². The summed E-state index contributed by atoms with van der Waals surface area (Å²) in [5.74, 6) is -0.0764. The second kappa shape index (κ2) is 4.13. The Morgan fingerprint density at radius 1 is 0.867 bits per heavy atom. The van der Waals surface area contributed by atoms with E-state index in [4.69, 9.17) is 23.2 Å². The van der Waals surface area contributed by atoms with Crippen molar-refractivity contribution >= 4 is 23.2 Å². The first-order valence-corrected chi connectivity index (χ1v) is 5.15. The third kappa shape index (κ3) is 2.09. The van der Waals surface area contributed by atoms with Crippen LogP contribution in [0.5, 0.6) is 5.75 Å². The van der Waals surface area contributed by atoms with Crippen LogP contribution < -0.4 is 0 Å². The highest BCUT2D eigenvalue weighted by Gasteiger charge is 2.09. The maximum absolute atomic E-state index is 11.6. The van der Waals surface area contributed by atoms with Crippen LogP contribution in [0.1, 0.15) is 0 Å². The lowest BCUT2D eigenvalue weighted by molar-refractivity contribution is 0.356. The molecule has 0 saturated carbocycles. The number of hydrogen-bond donors (Lipinski definition) is 0. The molecule has 15 heavy (non-hydrogen) atoms. The molecular weight excluding hydrogens is 231 g/mol. The quantitative estimate of drug-likeness (QED) is 0.679. The predicted octanol–water partition coefficient (Wildman–Crippen LogP) is 4.80. The van der Waals surface area contributed by atoms with Gasteiger partial charge in [-0.25, -0.2) is 0 Å². The molecule has 75 valence electrons. The number of rotatable bonds is 1. The molecule has 2 aromatic rings. The normalized spacial score (nSPS) is 10.3. The molecular formula is C12H7Cl2O. The van der Waals surface area contributed by atoms with Gasteiger partial charge in [-0.1, -0.05) is 41.4 Å². The van der Waals surface area contributed by atoms with Crippen molar-refractivity contribution in [3.05, 3.63) is 52.5 Å². The summed E-state index contributed by atoms with van der Waals surface area (Å²) < 4.78 is 0. The standard InChI is InChI=1S/C12H7Cl2O/c13-8-5-6-12(15)10(7-8)9-3-1-2-4-11(9)14/h1-7H. The average Bonchev–Trinajstić information content (AvgIpc) is 2.23. The fraction of sp³-hybridized carbons (Fsp3) is 0. The molecule has 0 saturated heterocycles. The van der Waals surface area contributed by atoms with Gasteiger partial charge in [0.2, 0.25) is 0 Å². The molecule has 3 heteroatoms. The van der Waals surface area contributed by atoms with E-state index in [0.717, 1.165) is 0 Å². The summed E-state index contributed by atoms with van der Waals surface area (Å²) in [5.41, 5.74) is 1.25. The van der Waals surface area contributed by atoms with Crippen molar-refractivity contribution in [1.82, 2.24) is 0 Å². The average molecular weight is 238 g/mol. The zero-order valence-corrected chi connectivity index (χ0v) is 9.22. The van der Waals surface area contributed by atoms with Crippen LogP contribution in [-0.2, 0) is 5.11 Å². The first kappa shape index (κ1) is 10.3. The summed E-state index contributed by atoms with van der Waals surface area (Å²) in [6, 6.07) is 11.9. The van der Waals surface area contributed by atoms with Crippen LogP contribution in [0.4, 0.5) is 0 Å². The third-order valence-corrected chi connectivity index (χ3v) is 2.67. The molecule has 0 bridgehead atoms. The van der Waals surface area contributed by atoms with Gasteiger partial charge in [0, 0.05) is 21.2 Å². The second-order valence-electron chi connectivity index (χ2n) is 3.12. The first-order valence-electron chi connectivity index (χ1n) is 4.40. The molecule has 2 rings (SSSR count). The van der Waals surface area contributed by atoms with Crippen LogP contribution in [0.2, 0.25) is 10.0 Å². The highest BCUT2D eigenvalue weighted by molar-refractivity contribution is 6.34. The molecule has 1 nitrogen and oxygen atoms in total. The van der Waals surface area contributed by atoms with E-state index in [1.807, 2.05) is 12.1 Å². The Morgan fingerprint density at radius 3 is 2.33 bits per heavy atom. The van der Waals surface area contributed by atoms with Crippen molar-refractivity contribution in [3.63, 3.8) is 0 Å². The maximum Gasteiger partial charge on any atom is 0.186 e. The zero-order valence-electron chi connectivity index (χ0n) is 7.71. The van der Waals surface area contributed by atoms with Crippen LogP contribution >= 0.6 is 23.2 Å². The third-order valence-electron chi connectivity index (χ3n) is 2.11. The molecule has 0 N–H and O–H groups in total. The van der Waals surface area contributed by atoms with E-state index < -0.39 is 0 Å². The van der Waals surface area contributed by atoms with Crippen molar-refractivity contribution in [3.8, 4) is 16.9 Å². The van der Waals surface area contributed by atoms with Gasteiger partial charge in [-0.2, -0.15) is 0 Å². The molecule has 0 atom stereocenters. The van der Waals surface area contributed by atoms with E-state index in [9.17, 15) is 5.11 Å². The summed E-state index contributed by atoms with van der Waals surface area (Å²) in [5, 5.41) is 12.7. The minimum Gasteiger partial charge on any atom is -0.289 e. The second-order valence-corrected chi connectivity index (χ2v) is 3.96. The largest absolute Gasteiger partial charge is 0.289 e. The fourth-order valence-electron chi connectivity index (χ4n) is 1.39. The van der Waals surface area contributed by atoms with E-state index in [1.165, 1.54) is 6.07 Å². The first-order chi connectivity index (χ1) is 7.18. The molecule has 0 heterocycles. The fourth-order valence-corrected chi connectivity index (χ4v) is 1.80. The molecule has 1 radical (unpaired) electrons. The number of hydrogen-bond acceptors (Lipinski definition) is 0. The van der Waals surface area contributed by atoms with Gasteiger partial charge in [0.25, 0.3) is 0 Å². The van der Waals surface area contributed by atoms with Gasteiger partial charge < -0.3 is 0 Å². The van der Waals surface area contributed by atoms with Crippen molar-refractivity contribution in [2.45, 2.75) is 0 Å². The van der Waals surface area contributed by atoms with E-state index >= 15 is 0 Å². The van der Waals surface area contributed by atoms with Crippen LogP contribution in [0.3, 0.4) is 0 Å². The van der Waals surface area contributed by atoms with Crippen LogP contribution in [0.15, 0.2) is 42.5 Å². The van der Waals surface area contributed by atoms with Crippen LogP contribution in [0.25, 0.3) is 11.1 Å². The minimum absolute atomic E-state index is 0.0764. The van der Waals surface area contributed by atoms with E-state index in [2.05, 4.69) is 0 Å². The lowest BCUT2D eigenvalue weighted by Gasteiger charge is -2.05. The molecule has 0 spiro atoms. The van der Waals surface area contributed by atoms with Gasteiger partial charge in [-0.05, 0) is 24.3 Å². The van der Waals surface area contributed by atoms with E-state index in [1.54, 1.807) is 24.3 Å². The lowest BCUT2D eigenvalue weighted by atomic mass is 10.0. The van der Waals surface area contributed by atoms with E-state index in [-0.39, 0.29) is 5.75 Å². The Kier molecular flexibility index (Phi) is 2.85. The highest BCUT2D eigenvalue weighted by Crippen LogP contribution is 2.35. The van der Waals surface area contributed by atoms with Crippen LogP contribution in [-0.4, -0.2) is 0 Å². The molecule has 0 amide bonds. The SMILES string of the molecule is [O]c1ccc(Cl)cc1-c1ccccc1Cl. The van der Waals surface area contributed by atoms with Gasteiger partial charge in [-0.3, -0.25) is 5.11 Å². The monoisotopic (exact) mass is 237 g/mol. The minimum atomic E-state index is -0.0764. The molecule has 0 aliphatic carbocycles. The van der Waals surface area contributed by atoms with Gasteiger partial charge >= 0.3 is 0 Å². The maximum atomic E-state index is 11.6. The zero-order chi connectivity index (χ0) is 10.8. The van der Waals surface area contributed by atoms with Gasteiger partial charge in [0.1, 0.15) is 0 Å². The van der Waals surface area contributed by atoms with Crippen LogP contribution in [0, 0.1) is 0 Å². The van der Waals surface area contributed by atoms with Gasteiger partial charge in [0.15, 0.2) is 5.75 Å². The summed E-state index contributed by atoms with van der Waals surface area (Å²) in [7, 11) is 0. The van der Waals surface area contributed by atoms with Crippen molar-refractivity contribution in [2.75, 3.05) is 0 Å². The molecule has 0 aliphatic rings. The summed E-state index contributed by atoms with van der Waals surface area (Å²) in [4.78, 5) is 0. The molecule has 0 fully saturated rings. The molecule has 2 aromatic carbocycles. The smallest absolute Gasteiger partial charge is 0.186 e. The summed E-state index contributed by atoms with van der Waals surface area (Å²) in [6.45, 7) is 0. The van der Waals surface area contributed by atoms with Crippen molar-refractivity contribution in [1.29, 1.82) is 0 Å². The topological polar surface area (TPSA) is 19.9 Å². The highest BCUT2D eigenvalue weighted by atomic mass is 35.5. The van der Waals surface area contributed by atoms with Gasteiger partial charge in [0.05, 0.1) is 0 Å². The molecule has 0 aromatic heterocycles. The predicted molar refractivity (Wildman–Crippen MR) is 62.0 cm³/mol. The summed E-state index contributed by atoms with van der Waals surface area (Å²) >= 11 is 11.8. The Morgan fingerprint density at radius 2 is 1.60 bits per heavy atom. The van der Waals surface area contributed by atoms with E-state index in [0.29, 0.717) is 21.2 Å². The van der Waals surface area contributed by atoms with Gasteiger partial charge in [-0.15, -0.1) is 0 Å². The Balaban J connectivity index is 2.64. The molecule has 0 aliphatic heterocycles. The Bertz CT molecular complexity index is 495. The van der Waals surface area contributed by atoms with Crippen molar-refractivity contribution in [2.24, 2.45) is 0 Å². The Hall–Kier alpha value is -1.18. The lowest BCUT2D eigenvalue weighted by Crippen LogP contribution is -1.80. The molecule has 0 unspecified atom stereocenters. The number of benzene rings is 2. The Labute approximate surface area is 97.9 Å². The summed E-state index contributed by atoms with van der Waals surface area (Å²) in [6.07, 6.45) is 0.